The molecule has 11 heteroatoms. The van der Waals surface area contributed by atoms with Crippen molar-refractivity contribution in [2.45, 2.75) is 52.1 Å². The number of likely N-dealkylation sites (N-methyl/N-ethyl adjacent to an activating group) is 1. The molecule has 4 aromatic rings. The second kappa shape index (κ2) is 10.7. The van der Waals surface area contributed by atoms with E-state index in [1.807, 2.05) is 30.9 Å². The number of fused-ring (bicyclic) bond motifs is 2. The van der Waals surface area contributed by atoms with Crippen LogP contribution in [0.4, 0.5) is 10.2 Å². The number of nitrogens with one attached hydrogen (secondary N) is 1. The molecule has 44 heavy (non-hydrogen) atoms. The minimum absolute atomic E-state index is 0.0545. The largest absolute Gasteiger partial charge is 0.462 e. The van der Waals surface area contributed by atoms with Gasteiger partial charge in [-0.05, 0) is 77.4 Å². The van der Waals surface area contributed by atoms with Crippen molar-refractivity contribution in [1.82, 2.24) is 30.0 Å². The van der Waals surface area contributed by atoms with Crippen LogP contribution in [0.5, 0.6) is 6.01 Å². The summed E-state index contributed by atoms with van der Waals surface area (Å²) in [6.45, 7) is 13.1. The highest BCUT2D eigenvalue weighted by atomic mass is 35.5. The Balaban J connectivity index is 1.34. The Bertz CT molecular complexity index is 1830. The van der Waals surface area contributed by atoms with Gasteiger partial charge in [-0.3, -0.25) is 9.89 Å². The molecular formula is C33H37ClFN7O2. The van der Waals surface area contributed by atoms with E-state index in [1.54, 1.807) is 6.07 Å². The molecule has 2 unspecified atom stereocenters. The first-order chi connectivity index (χ1) is 21.1. The third kappa shape index (κ3) is 4.44. The zero-order valence-corrected chi connectivity index (χ0v) is 26.3. The normalized spacial score (nSPS) is 23.7. The SMILES string of the molecule is C=CC(=O)N1CC2(CCN(c3nc(OC[C@@H]4CCCN4C)nc4c(F)c(-c5c(C)ccc6[nH]nc(C)c56)c(Cl)cc34)C2)C1C. The molecule has 1 amide bonds. The van der Waals surface area contributed by atoms with Crippen molar-refractivity contribution in [2.24, 2.45) is 5.41 Å². The fourth-order valence-corrected chi connectivity index (χ4v) is 7.80. The van der Waals surface area contributed by atoms with Gasteiger partial charge in [-0.2, -0.15) is 15.1 Å². The number of rotatable bonds is 6. The van der Waals surface area contributed by atoms with E-state index < -0.39 is 5.82 Å². The van der Waals surface area contributed by atoms with Crippen LogP contribution in [-0.2, 0) is 4.79 Å². The lowest BCUT2D eigenvalue weighted by molar-refractivity contribution is -0.145. The molecule has 3 saturated heterocycles. The van der Waals surface area contributed by atoms with Gasteiger partial charge >= 0.3 is 6.01 Å². The molecule has 9 nitrogen and oxygen atoms in total. The summed E-state index contributed by atoms with van der Waals surface area (Å²) in [6.07, 6.45) is 4.40. The molecule has 3 fully saturated rings. The smallest absolute Gasteiger partial charge is 0.319 e. The minimum Gasteiger partial charge on any atom is -0.462 e. The molecule has 3 aliphatic rings. The maximum absolute atomic E-state index is 16.9. The van der Waals surface area contributed by atoms with Crippen LogP contribution in [-0.4, -0.2) is 87.8 Å². The lowest BCUT2D eigenvalue weighted by Crippen LogP contribution is -2.65. The molecular weight excluding hydrogens is 581 g/mol. The fraction of sp³-hybridized carbons (Fsp3) is 0.455. The number of carbonyl (C=O) groups is 1. The predicted molar refractivity (Wildman–Crippen MR) is 171 cm³/mol. The second-order valence-electron chi connectivity index (χ2n) is 12.7. The van der Waals surface area contributed by atoms with Crippen molar-refractivity contribution in [3.63, 3.8) is 0 Å². The monoisotopic (exact) mass is 617 g/mol. The summed E-state index contributed by atoms with van der Waals surface area (Å²) < 4.78 is 23.1. The van der Waals surface area contributed by atoms with Crippen LogP contribution >= 0.6 is 11.6 Å². The average Bonchev–Trinajstić information content (AvgIpc) is 3.75. The van der Waals surface area contributed by atoms with E-state index in [1.165, 1.54) is 6.08 Å². The van der Waals surface area contributed by atoms with Gasteiger partial charge in [0, 0.05) is 59.0 Å². The van der Waals surface area contributed by atoms with Gasteiger partial charge in [-0.15, -0.1) is 0 Å². The van der Waals surface area contributed by atoms with Gasteiger partial charge in [0.2, 0.25) is 5.91 Å². The van der Waals surface area contributed by atoms with Crippen molar-refractivity contribution in [1.29, 1.82) is 0 Å². The van der Waals surface area contributed by atoms with Gasteiger partial charge in [0.15, 0.2) is 5.82 Å². The first-order valence-electron chi connectivity index (χ1n) is 15.3. The summed E-state index contributed by atoms with van der Waals surface area (Å²) in [6, 6.07) is 6.15. The molecule has 0 saturated carbocycles. The Hall–Kier alpha value is -3.76. The highest BCUT2D eigenvalue weighted by molar-refractivity contribution is 6.35. The Morgan fingerprint density at radius 2 is 2.07 bits per heavy atom. The van der Waals surface area contributed by atoms with E-state index in [0.29, 0.717) is 48.6 Å². The predicted octanol–water partition coefficient (Wildman–Crippen LogP) is 5.67. The van der Waals surface area contributed by atoms with Crippen LogP contribution in [0.15, 0.2) is 30.9 Å². The van der Waals surface area contributed by atoms with Crippen molar-refractivity contribution in [3.05, 3.63) is 53.0 Å². The number of halogens is 2. The molecule has 1 N–H and O–H groups in total. The Kier molecular flexibility index (Phi) is 7.05. The Labute approximate surface area is 261 Å². The molecule has 3 aliphatic heterocycles. The number of H-pyrrole nitrogens is 1. The van der Waals surface area contributed by atoms with Crippen LogP contribution in [0.25, 0.3) is 32.9 Å². The number of aryl methyl sites for hydroxylation is 2. The standard InChI is InChI=1S/C33H37ClFN7O2/c1-6-25(43)42-17-33(20(42)4)11-13-41(16-33)31-22-14-23(34)28(26-18(2)9-10-24-27(26)19(3)38-39-24)29(35)30(22)36-32(37-31)44-15-21-8-7-12-40(21)5/h6,9-10,14,20-21H,1,7-8,11-13,15-17H2,2-5H3,(H,38,39)/t20?,21-,33?/m0/s1. The summed E-state index contributed by atoms with van der Waals surface area (Å²) in [5.74, 6) is 0.0363. The van der Waals surface area contributed by atoms with Crippen molar-refractivity contribution >= 4 is 45.1 Å². The number of benzene rings is 2. The van der Waals surface area contributed by atoms with E-state index >= 15 is 4.39 Å². The molecule has 7 rings (SSSR count). The number of hydrogen-bond acceptors (Lipinski definition) is 7. The van der Waals surface area contributed by atoms with Crippen molar-refractivity contribution in [2.75, 3.05) is 44.7 Å². The third-order valence-electron chi connectivity index (χ3n) is 10.3. The zero-order chi connectivity index (χ0) is 30.9. The molecule has 2 aromatic heterocycles. The van der Waals surface area contributed by atoms with Crippen LogP contribution in [0.1, 0.15) is 37.4 Å². The van der Waals surface area contributed by atoms with E-state index in [9.17, 15) is 4.79 Å². The molecule has 1 spiro atoms. The first-order valence-corrected chi connectivity index (χ1v) is 15.6. The number of ether oxygens (including phenoxy) is 1. The Morgan fingerprint density at radius 1 is 1.25 bits per heavy atom. The summed E-state index contributed by atoms with van der Waals surface area (Å²) in [7, 11) is 2.09. The van der Waals surface area contributed by atoms with E-state index in [0.717, 1.165) is 48.0 Å². The number of aromatic nitrogens is 4. The second-order valence-corrected chi connectivity index (χ2v) is 13.1. The van der Waals surface area contributed by atoms with Gasteiger partial charge < -0.3 is 19.4 Å². The number of amides is 1. The summed E-state index contributed by atoms with van der Waals surface area (Å²) in [4.78, 5) is 28.2. The number of hydrogen-bond donors (Lipinski definition) is 1. The summed E-state index contributed by atoms with van der Waals surface area (Å²) in [5, 5.41) is 9.07. The highest BCUT2D eigenvalue weighted by Crippen LogP contribution is 2.48. The average molecular weight is 618 g/mol. The van der Waals surface area contributed by atoms with Gasteiger partial charge in [-0.1, -0.05) is 24.2 Å². The van der Waals surface area contributed by atoms with Crippen LogP contribution in [0.2, 0.25) is 5.02 Å². The molecule has 3 atom stereocenters. The van der Waals surface area contributed by atoms with Crippen molar-refractivity contribution in [3.8, 4) is 17.1 Å². The highest BCUT2D eigenvalue weighted by Gasteiger charge is 2.55. The number of carbonyl (C=O) groups excluding carboxylic acids is 1. The quantitative estimate of drug-likeness (QED) is 0.279. The van der Waals surface area contributed by atoms with Gasteiger partial charge in [0.1, 0.15) is 17.9 Å². The summed E-state index contributed by atoms with van der Waals surface area (Å²) in [5.41, 5.74) is 3.56. The summed E-state index contributed by atoms with van der Waals surface area (Å²) >= 11 is 6.97. The van der Waals surface area contributed by atoms with E-state index in [4.69, 9.17) is 21.3 Å². The molecule has 0 bridgehead atoms. The lowest BCUT2D eigenvalue weighted by atomic mass is 9.71. The number of aromatic amines is 1. The van der Waals surface area contributed by atoms with Crippen LogP contribution in [0, 0.1) is 25.1 Å². The molecule has 2 aromatic carbocycles. The Morgan fingerprint density at radius 3 is 2.80 bits per heavy atom. The fourth-order valence-electron chi connectivity index (χ4n) is 7.51. The van der Waals surface area contributed by atoms with Gasteiger partial charge in [0.05, 0.1) is 16.2 Å². The zero-order valence-electron chi connectivity index (χ0n) is 25.6. The molecule has 230 valence electrons. The van der Waals surface area contributed by atoms with Crippen LogP contribution in [0.3, 0.4) is 0 Å². The lowest BCUT2D eigenvalue weighted by Gasteiger charge is -2.54. The molecule has 5 heterocycles. The minimum atomic E-state index is -0.510. The topological polar surface area (TPSA) is 90.5 Å². The molecule has 0 aliphatic carbocycles. The van der Waals surface area contributed by atoms with Crippen molar-refractivity contribution < 1.29 is 13.9 Å². The number of nitrogens with zero attached hydrogens (tertiary/aromatic N) is 6. The number of anilines is 1. The van der Waals surface area contributed by atoms with Crippen LogP contribution < -0.4 is 9.64 Å². The van der Waals surface area contributed by atoms with Gasteiger partial charge in [0.25, 0.3) is 0 Å². The maximum atomic E-state index is 16.9. The third-order valence-corrected chi connectivity index (χ3v) is 10.6. The van der Waals surface area contributed by atoms with Gasteiger partial charge in [-0.25, -0.2) is 4.39 Å². The molecule has 0 radical (unpaired) electrons. The maximum Gasteiger partial charge on any atom is 0.319 e. The first kappa shape index (κ1) is 29.0. The van der Waals surface area contributed by atoms with E-state index in [2.05, 4.69) is 45.5 Å². The number of likely N-dealkylation sites (tertiary alicyclic amines) is 2. The van der Waals surface area contributed by atoms with E-state index in [-0.39, 0.29) is 40.0 Å².